The monoisotopic (exact) mass is 249 g/mol. The molecule has 5 heteroatoms. The first-order valence-electron chi connectivity index (χ1n) is 4.94. The molecular weight excluding hydrogens is 238 g/mol. The number of anilines is 1. The minimum absolute atomic E-state index is 0.472. The normalized spacial score (nSPS) is 9.71. The van der Waals surface area contributed by atoms with E-state index in [0.717, 1.165) is 10.8 Å². The van der Waals surface area contributed by atoms with Crippen molar-refractivity contribution in [3.8, 4) is 11.5 Å². The van der Waals surface area contributed by atoms with E-state index in [-0.39, 0.29) is 0 Å². The van der Waals surface area contributed by atoms with Gasteiger partial charge in [0, 0.05) is 0 Å². The van der Waals surface area contributed by atoms with Crippen LogP contribution in [0.1, 0.15) is 0 Å². The molecule has 0 aliphatic heterocycles. The molecular formula is C12H11NO3S. The molecule has 0 unspecified atom stereocenters. The molecule has 1 aromatic heterocycles. The molecule has 17 heavy (non-hydrogen) atoms. The van der Waals surface area contributed by atoms with Gasteiger partial charge in [-0.3, -0.25) is 5.32 Å². The predicted molar refractivity (Wildman–Crippen MR) is 67.0 cm³/mol. The van der Waals surface area contributed by atoms with Crippen LogP contribution in [0.4, 0.5) is 9.80 Å². The van der Waals surface area contributed by atoms with Gasteiger partial charge in [0.15, 0.2) is 0 Å². The molecule has 0 fully saturated rings. The lowest BCUT2D eigenvalue weighted by atomic mass is 10.3. The second kappa shape index (κ2) is 5.36. The average Bonchev–Trinajstić information content (AvgIpc) is 2.82. The molecule has 4 nitrogen and oxygen atoms in total. The second-order valence-electron chi connectivity index (χ2n) is 3.17. The van der Waals surface area contributed by atoms with Gasteiger partial charge in [0.25, 0.3) is 0 Å². The quantitative estimate of drug-likeness (QED) is 0.907. The maximum Gasteiger partial charge on any atom is 0.417 e. The molecule has 1 aromatic carbocycles. The van der Waals surface area contributed by atoms with Crippen molar-refractivity contribution in [2.45, 2.75) is 0 Å². The van der Waals surface area contributed by atoms with Crippen LogP contribution in [0.2, 0.25) is 0 Å². The van der Waals surface area contributed by atoms with Gasteiger partial charge in [-0.05, 0) is 41.8 Å². The zero-order valence-corrected chi connectivity index (χ0v) is 9.99. The number of rotatable bonds is 3. The third-order valence-corrected chi connectivity index (χ3v) is 2.80. The third kappa shape index (κ3) is 3.22. The first-order valence-corrected chi connectivity index (χ1v) is 5.82. The van der Waals surface area contributed by atoms with Crippen molar-refractivity contribution in [1.82, 2.24) is 0 Å². The molecule has 0 atom stereocenters. The van der Waals surface area contributed by atoms with Gasteiger partial charge in [0.2, 0.25) is 0 Å². The van der Waals surface area contributed by atoms with Crippen molar-refractivity contribution in [3.05, 3.63) is 41.8 Å². The Morgan fingerprint density at radius 3 is 2.47 bits per heavy atom. The minimum Gasteiger partial charge on any atom is -0.497 e. The van der Waals surface area contributed by atoms with E-state index in [9.17, 15) is 4.79 Å². The van der Waals surface area contributed by atoms with E-state index in [0.29, 0.717) is 5.75 Å². The van der Waals surface area contributed by atoms with E-state index in [1.165, 1.54) is 11.3 Å². The predicted octanol–water partition coefficient (Wildman–Crippen LogP) is 3.37. The molecule has 2 aromatic rings. The van der Waals surface area contributed by atoms with Gasteiger partial charge in [-0.15, -0.1) is 11.3 Å². The maximum atomic E-state index is 11.5. The summed E-state index contributed by atoms with van der Waals surface area (Å²) in [5.41, 5.74) is 0. The smallest absolute Gasteiger partial charge is 0.417 e. The van der Waals surface area contributed by atoms with E-state index in [2.05, 4.69) is 5.32 Å². The van der Waals surface area contributed by atoms with Crippen molar-refractivity contribution >= 4 is 22.4 Å². The van der Waals surface area contributed by atoms with Crippen LogP contribution in [0.5, 0.6) is 11.5 Å². The summed E-state index contributed by atoms with van der Waals surface area (Å²) in [4.78, 5) is 11.5. The molecule has 1 heterocycles. The zero-order chi connectivity index (χ0) is 12.1. The van der Waals surface area contributed by atoms with Crippen molar-refractivity contribution in [1.29, 1.82) is 0 Å². The van der Waals surface area contributed by atoms with Crippen LogP contribution in [0, 0.1) is 0 Å². The fourth-order valence-corrected chi connectivity index (χ4v) is 1.83. The first-order chi connectivity index (χ1) is 8.28. The van der Waals surface area contributed by atoms with Gasteiger partial charge in [-0.2, -0.15) is 0 Å². The van der Waals surface area contributed by atoms with Crippen LogP contribution in [0.25, 0.3) is 0 Å². The highest BCUT2D eigenvalue weighted by Gasteiger charge is 2.05. The lowest BCUT2D eigenvalue weighted by Gasteiger charge is -2.05. The van der Waals surface area contributed by atoms with Crippen LogP contribution < -0.4 is 14.8 Å². The molecule has 0 saturated heterocycles. The van der Waals surface area contributed by atoms with Gasteiger partial charge < -0.3 is 9.47 Å². The van der Waals surface area contributed by atoms with Gasteiger partial charge in [-0.25, -0.2) is 4.79 Å². The fraction of sp³-hybridized carbons (Fsp3) is 0.0833. The Labute approximate surface area is 103 Å². The molecule has 0 radical (unpaired) electrons. The van der Waals surface area contributed by atoms with Crippen LogP contribution in [0.15, 0.2) is 41.8 Å². The maximum absolute atomic E-state index is 11.5. The SMILES string of the molecule is COc1ccc(OC(=O)Nc2cccs2)cc1. The molecule has 1 N–H and O–H groups in total. The van der Waals surface area contributed by atoms with E-state index in [1.54, 1.807) is 37.4 Å². The van der Waals surface area contributed by atoms with Crippen molar-refractivity contribution < 1.29 is 14.3 Å². The molecule has 88 valence electrons. The number of amides is 1. The summed E-state index contributed by atoms with van der Waals surface area (Å²) in [6, 6.07) is 10.5. The number of ether oxygens (including phenoxy) is 2. The summed E-state index contributed by atoms with van der Waals surface area (Å²) in [5.74, 6) is 1.19. The van der Waals surface area contributed by atoms with E-state index in [1.807, 2.05) is 11.4 Å². The summed E-state index contributed by atoms with van der Waals surface area (Å²) in [6.07, 6.45) is -0.502. The van der Waals surface area contributed by atoms with Crippen LogP contribution in [-0.2, 0) is 0 Å². The van der Waals surface area contributed by atoms with Gasteiger partial charge in [-0.1, -0.05) is 0 Å². The Morgan fingerprint density at radius 1 is 1.18 bits per heavy atom. The molecule has 0 bridgehead atoms. The van der Waals surface area contributed by atoms with E-state index < -0.39 is 6.09 Å². The van der Waals surface area contributed by atoms with Gasteiger partial charge in [0.05, 0.1) is 12.1 Å². The highest BCUT2D eigenvalue weighted by atomic mass is 32.1. The summed E-state index contributed by atoms with van der Waals surface area (Å²) in [7, 11) is 1.58. The van der Waals surface area contributed by atoms with Gasteiger partial charge in [0.1, 0.15) is 11.5 Å². The van der Waals surface area contributed by atoms with Crippen molar-refractivity contribution in [2.24, 2.45) is 0 Å². The third-order valence-electron chi connectivity index (χ3n) is 2.02. The Hall–Kier alpha value is -2.01. The highest BCUT2D eigenvalue weighted by molar-refractivity contribution is 7.14. The number of benzene rings is 1. The molecule has 0 aliphatic rings. The van der Waals surface area contributed by atoms with Crippen LogP contribution >= 0.6 is 11.3 Å². The lowest BCUT2D eigenvalue weighted by Crippen LogP contribution is -2.15. The number of methoxy groups -OCH3 is 1. The number of nitrogens with one attached hydrogen (secondary N) is 1. The number of hydrogen-bond acceptors (Lipinski definition) is 4. The van der Waals surface area contributed by atoms with Crippen LogP contribution in [0.3, 0.4) is 0 Å². The lowest BCUT2D eigenvalue weighted by molar-refractivity contribution is 0.215. The zero-order valence-electron chi connectivity index (χ0n) is 9.17. The number of hydrogen-bond donors (Lipinski definition) is 1. The van der Waals surface area contributed by atoms with Gasteiger partial charge >= 0.3 is 6.09 Å². The Kier molecular flexibility index (Phi) is 3.62. The average molecular weight is 249 g/mol. The fourth-order valence-electron chi connectivity index (χ4n) is 1.23. The standard InChI is InChI=1S/C12H11NO3S/c1-15-9-4-6-10(7-5-9)16-12(14)13-11-3-2-8-17-11/h2-8H,1H3,(H,13,14). The highest BCUT2D eigenvalue weighted by Crippen LogP contribution is 2.19. The number of carbonyl (C=O) groups is 1. The molecule has 0 aliphatic carbocycles. The largest absolute Gasteiger partial charge is 0.497 e. The minimum atomic E-state index is -0.502. The molecule has 2 rings (SSSR count). The second-order valence-corrected chi connectivity index (χ2v) is 4.12. The number of thiophene rings is 1. The van der Waals surface area contributed by atoms with E-state index in [4.69, 9.17) is 9.47 Å². The molecule has 1 amide bonds. The molecule has 0 saturated carbocycles. The van der Waals surface area contributed by atoms with Crippen molar-refractivity contribution in [3.63, 3.8) is 0 Å². The summed E-state index contributed by atoms with van der Waals surface area (Å²) in [5, 5.41) is 5.26. The Balaban J connectivity index is 1.93. The Bertz CT molecular complexity index is 479. The van der Waals surface area contributed by atoms with E-state index >= 15 is 0 Å². The number of carbonyl (C=O) groups excluding carboxylic acids is 1. The summed E-state index contributed by atoms with van der Waals surface area (Å²) in [6.45, 7) is 0. The summed E-state index contributed by atoms with van der Waals surface area (Å²) >= 11 is 1.44. The molecule has 0 spiro atoms. The summed E-state index contributed by atoms with van der Waals surface area (Å²) < 4.78 is 10.1. The van der Waals surface area contributed by atoms with Crippen LogP contribution in [-0.4, -0.2) is 13.2 Å². The first kappa shape index (κ1) is 11.5. The topological polar surface area (TPSA) is 47.6 Å². The Morgan fingerprint density at radius 2 is 1.88 bits per heavy atom. The van der Waals surface area contributed by atoms with Crippen molar-refractivity contribution in [2.75, 3.05) is 12.4 Å².